The number of para-hydroxylation sites is 2. The largest absolute Gasteiger partial charge is 0.490 e. The van der Waals surface area contributed by atoms with Crippen LogP contribution in [0.4, 0.5) is 0 Å². The molecule has 6 heteroatoms. The third-order valence-electron chi connectivity index (χ3n) is 3.23. The van der Waals surface area contributed by atoms with Crippen molar-refractivity contribution in [1.82, 2.24) is 5.16 Å². The van der Waals surface area contributed by atoms with Crippen molar-refractivity contribution in [3.63, 3.8) is 0 Å². The molecule has 3 aromatic rings. The van der Waals surface area contributed by atoms with Crippen LogP contribution >= 0.6 is 0 Å². The number of benzene rings is 2. The molecule has 0 atom stereocenters. The Balaban J connectivity index is 1.64. The Hall–Kier alpha value is -3.28. The summed E-state index contributed by atoms with van der Waals surface area (Å²) in [6, 6.07) is 18.0. The highest BCUT2D eigenvalue weighted by Gasteiger charge is 2.15. The summed E-state index contributed by atoms with van der Waals surface area (Å²) in [5, 5.41) is 12.4. The van der Waals surface area contributed by atoms with Crippen molar-refractivity contribution in [3.8, 4) is 22.8 Å². The van der Waals surface area contributed by atoms with Crippen LogP contribution in [0.1, 0.15) is 10.5 Å². The number of hydrogen-bond acceptors (Lipinski definition) is 5. The van der Waals surface area contributed by atoms with Crippen LogP contribution in [0.2, 0.25) is 0 Å². The van der Waals surface area contributed by atoms with Crippen molar-refractivity contribution < 1.29 is 23.9 Å². The predicted octanol–water partition coefficient (Wildman–Crippen LogP) is 3.50. The molecular weight excluding hydrogens is 310 g/mol. The van der Waals surface area contributed by atoms with Gasteiger partial charge in [-0.25, -0.2) is 4.79 Å². The zero-order valence-electron chi connectivity index (χ0n) is 12.7. The van der Waals surface area contributed by atoms with Crippen LogP contribution in [0, 0.1) is 0 Å². The first-order chi connectivity index (χ1) is 11.7. The Morgan fingerprint density at radius 1 is 1.00 bits per heavy atom. The Morgan fingerprint density at radius 2 is 1.71 bits per heavy atom. The highest BCUT2D eigenvalue weighted by Crippen LogP contribution is 2.30. The maximum atomic E-state index is 10.9. The molecule has 2 aromatic carbocycles. The number of aromatic carboxylic acids is 1. The van der Waals surface area contributed by atoms with Gasteiger partial charge in [0.25, 0.3) is 0 Å². The quantitative estimate of drug-likeness (QED) is 0.670. The lowest BCUT2D eigenvalue weighted by Gasteiger charge is -2.10. The fraction of sp³-hybridized carbons (Fsp3) is 0.111. The maximum absolute atomic E-state index is 10.9. The molecule has 0 spiro atoms. The van der Waals surface area contributed by atoms with Gasteiger partial charge in [-0.05, 0) is 24.3 Å². The molecule has 0 aliphatic heterocycles. The summed E-state index contributed by atoms with van der Waals surface area (Å²) in [4.78, 5) is 10.9. The average molecular weight is 325 g/mol. The van der Waals surface area contributed by atoms with E-state index in [1.165, 1.54) is 6.07 Å². The molecule has 0 saturated carbocycles. The second-order valence-electron chi connectivity index (χ2n) is 4.89. The monoisotopic (exact) mass is 325 g/mol. The Morgan fingerprint density at radius 3 is 2.46 bits per heavy atom. The molecule has 0 bridgehead atoms. The first-order valence-electron chi connectivity index (χ1n) is 7.34. The van der Waals surface area contributed by atoms with E-state index in [2.05, 4.69) is 5.16 Å². The van der Waals surface area contributed by atoms with Gasteiger partial charge in [-0.1, -0.05) is 35.5 Å². The third kappa shape index (κ3) is 3.73. The zero-order chi connectivity index (χ0) is 16.8. The van der Waals surface area contributed by atoms with Crippen LogP contribution in [0.5, 0.6) is 11.5 Å². The molecule has 0 aliphatic carbocycles. The number of ether oxygens (including phenoxy) is 2. The van der Waals surface area contributed by atoms with E-state index < -0.39 is 5.97 Å². The van der Waals surface area contributed by atoms with Gasteiger partial charge in [0.15, 0.2) is 11.5 Å². The fourth-order valence-corrected chi connectivity index (χ4v) is 2.13. The van der Waals surface area contributed by atoms with Crippen molar-refractivity contribution in [2.24, 2.45) is 0 Å². The topological polar surface area (TPSA) is 81.8 Å². The van der Waals surface area contributed by atoms with Crippen molar-refractivity contribution in [2.45, 2.75) is 0 Å². The Bertz CT molecular complexity index is 813. The molecule has 0 unspecified atom stereocenters. The molecule has 0 fully saturated rings. The van der Waals surface area contributed by atoms with E-state index in [-0.39, 0.29) is 5.69 Å². The SMILES string of the molecule is O=C(O)c1cc(-c2ccccc2OCCOc2ccccc2)on1. The van der Waals surface area contributed by atoms with Crippen LogP contribution in [0.3, 0.4) is 0 Å². The summed E-state index contributed by atoms with van der Waals surface area (Å²) in [6.45, 7) is 0.723. The van der Waals surface area contributed by atoms with Gasteiger partial charge in [0.2, 0.25) is 0 Å². The molecule has 24 heavy (non-hydrogen) atoms. The van der Waals surface area contributed by atoms with Gasteiger partial charge in [0.05, 0.1) is 5.56 Å². The zero-order valence-corrected chi connectivity index (χ0v) is 12.7. The van der Waals surface area contributed by atoms with Gasteiger partial charge in [-0.3, -0.25) is 0 Å². The maximum Gasteiger partial charge on any atom is 0.358 e. The molecule has 6 nitrogen and oxygen atoms in total. The molecule has 1 N–H and O–H groups in total. The van der Waals surface area contributed by atoms with E-state index in [1.54, 1.807) is 12.1 Å². The van der Waals surface area contributed by atoms with E-state index in [1.807, 2.05) is 42.5 Å². The minimum Gasteiger partial charge on any atom is -0.490 e. The molecule has 3 rings (SSSR count). The second-order valence-corrected chi connectivity index (χ2v) is 4.89. The van der Waals surface area contributed by atoms with Crippen molar-refractivity contribution in [3.05, 3.63) is 66.4 Å². The summed E-state index contributed by atoms with van der Waals surface area (Å²) >= 11 is 0. The first kappa shape index (κ1) is 15.6. The molecule has 122 valence electrons. The predicted molar refractivity (Wildman–Crippen MR) is 86.3 cm³/mol. The number of hydrogen-bond donors (Lipinski definition) is 1. The van der Waals surface area contributed by atoms with Gasteiger partial charge >= 0.3 is 5.97 Å². The fourth-order valence-electron chi connectivity index (χ4n) is 2.13. The molecule has 0 radical (unpaired) electrons. The molecule has 1 aromatic heterocycles. The highest BCUT2D eigenvalue weighted by molar-refractivity contribution is 5.86. The smallest absolute Gasteiger partial charge is 0.358 e. The van der Waals surface area contributed by atoms with Gasteiger partial charge in [-0.15, -0.1) is 0 Å². The van der Waals surface area contributed by atoms with Gasteiger partial charge in [-0.2, -0.15) is 0 Å². The van der Waals surface area contributed by atoms with E-state index in [0.717, 1.165) is 5.75 Å². The third-order valence-corrected chi connectivity index (χ3v) is 3.23. The molecule has 0 amide bonds. The molecule has 0 saturated heterocycles. The number of nitrogens with zero attached hydrogens (tertiary/aromatic N) is 1. The van der Waals surface area contributed by atoms with Gasteiger partial charge in [0.1, 0.15) is 24.7 Å². The van der Waals surface area contributed by atoms with Crippen molar-refractivity contribution in [2.75, 3.05) is 13.2 Å². The standard InChI is InChI=1S/C18H15NO5/c20-18(21)15-12-17(24-19-15)14-8-4-5-9-16(14)23-11-10-22-13-6-2-1-3-7-13/h1-9,12H,10-11H2,(H,20,21). The van der Waals surface area contributed by atoms with Crippen molar-refractivity contribution >= 4 is 5.97 Å². The van der Waals surface area contributed by atoms with Crippen LogP contribution in [0.25, 0.3) is 11.3 Å². The number of rotatable bonds is 7. The van der Waals surface area contributed by atoms with E-state index in [4.69, 9.17) is 19.1 Å². The number of aromatic nitrogens is 1. The average Bonchev–Trinajstić information content (AvgIpc) is 3.10. The lowest BCUT2D eigenvalue weighted by Crippen LogP contribution is -2.09. The number of carboxylic acid groups (broad SMARTS) is 1. The van der Waals surface area contributed by atoms with Crippen molar-refractivity contribution in [1.29, 1.82) is 0 Å². The highest BCUT2D eigenvalue weighted by atomic mass is 16.5. The normalized spacial score (nSPS) is 10.3. The minimum atomic E-state index is -1.14. The van der Waals surface area contributed by atoms with Crippen LogP contribution < -0.4 is 9.47 Å². The Kier molecular flexibility index (Phi) is 4.76. The number of carboxylic acids is 1. The summed E-state index contributed by atoms with van der Waals surface area (Å²) in [5.74, 6) is 0.546. The van der Waals surface area contributed by atoms with E-state index in [0.29, 0.717) is 30.3 Å². The van der Waals surface area contributed by atoms with Crippen LogP contribution in [0.15, 0.2) is 65.2 Å². The molecular formula is C18H15NO5. The first-order valence-corrected chi connectivity index (χ1v) is 7.34. The van der Waals surface area contributed by atoms with Crippen LogP contribution in [-0.2, 0) is 0 Å². The van der Waals surface area contributed by atoms with Gasteiger partial charge < -0.3 is 19.1 Å². The Labute approximate surface area is 138 Å². The lowest BCUT2D eigenvalue weighted by atomic mass is 10.1. The second kappa shape index (κ2) is 7.32. The summed E-state index contributed by atoms with van der Waals surface area (Å²) in [6.07, 6.45) is 0. The van der Waals surface area contributed by atoms with E-state index >= 15 is 0 Å². The lowest BCUT2D eigenvalue weighted by molar-refractivity contribution is 0.0686. The van der Waals surface area contributed by atoms with Crippen LogP contribution in [-0.4, -0.2) is 29.4 Å². The van der Waals surface area contributed by atoms with Gasteiger partial charge in [0, 0.05) is 6.07 Å². The number of carbonyl (C=O) groups is 1. The minimum absolute atomic E-state index is 0.146. The molecule has 0 aliphatic rings. The summed E-state index contributed by atoms with van der Waals surface area (Å²) < 4.78 is 16.4. The summed E-state index contributed by atoms with van der Waals surface area (Å²) in [7, 11) is 0. The summed E-state index contributed by atoms with van der Waals surface area (Å²) in [5.41, 5.74) is 0.490. The van der Waals surface area contributed by atoms with E-state index in [9.17, 15) is 4.79 Å². The molecule has 1 heterocycles.